The number of carbonyl (C=O) groups excluding carboxylic acids is 2. The Balaban J connectivity index is 1.48. The number of hydrogen-bond acceptors (Lipinski definition) is 4. The van der Waals surface area contributed by atoms with Crippen LogP contribution in [0.5, 0.6) is 0 Å². The predicted molar refractivity (Wildman–Crippen MR) is 99.1 cm³/mol. The zero-order chi connectivity index (χ0) is 18.7. The smallest absolute Gasteiger partial charge is 0.276 e. The number of ketones is 1. The summed E-state index contributed by atoms with van der Waals surface area (Å²) in [5, 5.41) is 12.3. The van der Waals surface area contributed by atoms with E-state index in [1.54, 1.807) is 6.92 Å². The van der Waals surface area contributed by atoms with Crippen molar-refractivity contribution < 1.29 is 14.5 Å². The molecule has 0 unspecified atom stereocenters. The molecule has 2 N–H and O–H groups in total. The Morgan fingerprint density at radius 2 is 1.88 bits per heavy atom. The van der Waals surface area contributed by atoms with Crippen molar-refractivity contribution >= 4 is 17.4 Å². The van der Waals surface area contributed by atoms with Crippen molar-refractivity contribution in [1.82, 2.24) is 5.32 Å². The van der Waals surface area contributed by atoms with Gasteiger partial charge in [-0.25, -0.2) is 0 Å². The van der Waals surface area contributed by atoms with Gasteiger partial charge in [-0.1, -0.05) is 0 Å². The highest BCUT2D eigenvalue weighted by Gasteiger charge is 2.43. The minimum atomic E-state index is -0.712. The first-order valence-electron chi connectivity index (χ1n) is 9.33. The monoisotopic (exact) mass is 355 g/mol. The van der Waals surface area contributed by atoms with Gasteiger partial charge in [0.2, 0.25) is 0 Å². The van der Waals surface area contributed by atoms with Gasteiger partial charge < -0.3 is 15.1 Å². The molecule has 1 aromatic rings. The highest BCUT2D eigenvalue weighted by atomic mass is 16.2. The van der Waals surface area contributed by atoms with E-state index < -0.39 is 5.54 Å². The molecule has 1 saturated heterocycles. The number of nitriles is 1. The van der Waals surface area contributed by atoms with Crippen LogP contribution in [0.2, 0.25) is 0 Å². The minimum Gasteiger partial charge on any atom is -0.360 e. The number of amides is 1. The van der Waals surface area contributed by atoms with Crippen LogP contribution in [-0.4, -0.2) is 50.0 Å². The van der Waals surface area contributed by atoms with E-state index in [2.05, 4.69) is 16.3 Å². The van der Waals surface area contributed by atoms with Crippen molar-refractivity contribution in [2.45, 2.75) is 32.2 Å². The van der Waals surface area contributed by atoms with E-state index in [9.17, 15) is 14.9 Å². The van der Waals surface area contributed by atoms with Crippen LogP contribution in [0.15, 0.2) is 24.3 Å². The maximum atomic E-state index is 12.3. The number of hydrogen-bond donors (Lipinski definition) is 2. The molecule has 1 atom stereocenters. The van der Waals surface area contributed by atoms with Gasteiger partial charge in [0.05, 0.1) is 32.2 Å². The molecule has 6 heteroatoms. The minimum absolute atomic E-state index is 0.0322. The summed E-state index contributed by atoms with van der Waals surface area (Å²) < 4.78 is 0. The van der Waals surface area contributed by atoms with E-state index >= 15 is 0 Å². The second-order valence-corrected chi connectivity index (χ2v) is 7.65. The number of benzene rings is 1. The third-order valence-electron chi connectivity index (χ3n) is 5.55. The summed E-state index contributed by atoms with van der Waals surface area (Å²) >= 11 is 0. The van der Waals surface area contributed by atoms with Crippen molar-refractivity contribution in [2.75, 3.05) is 37.6 Å². The van der Waals surface area contributed by atoms with Crippen LogP contribution in [0.4, 0.5) is 5.69 Å². The van der Waals surface area contributed by atoms with Crippen molar-refractivity contribution in [3.8, 4) is 6.07 Å². The Hall–Kier alpha value is -2.39. The zero-order valence-electron chi connectivity index (χ0n) is 15.5. The third kappa shape index (κ3) is 4.23. The molecule has 6 nitrogen and oxygen atoms in total. The van der Waals surface area contributed by atoms with E-state index in [-0.39, 0.29) is 11.7 Å². The Labute approximate surface area is 154 Å². The predicted octanol–water partition coefficient (Wildman–Crippen LogP) is 0.403. The Morgan fingerprint density at radius 1 is 1.27 bits per heavy atom. The fraction of sp³-hybridized carbons (Fsp3) is 0.550. The zero-order valence-corrected chi connectivity index (χ0v) is 15.5. The van der Waals surface area contributed by atoms with Gasteiger partial charge in [0.25, 0.3) is 5.91 Å². The third-order valence-corrected chi connectivity index (χ3v) is 5.55. The SMILES string of the molecule is CC(=O)c1ccc(N2CC[NH+](CC(=O)N[C@](C)(C#N)C3CC3)CC2)cc1. The molecule has 1 heterocycles. The maximum Gasteiger partial charge on any atom is 0.276 e. The molecule has 1 aliphatic carbocycles. The van der Waals surface area contributed by atoms with Gasteiger partial charge in [0, 0.05) is 11.3 Å². The van der Waals surface area contributed by atoms with Crippen molar-refractivity contribution in [2.24, 2.45) is 5.92 Å². The van der Waals surface area contributed by atoms with Crippen LogP contribution in [0, 0.1) is 17.2 Å². The lowest BCUT2D eigenvalue weighted by atomic mass is 9.98. The van der Waals surface area contributed by atoms with Crippen molar-refractivity contribution in [3.05, 3.63) is 29.8 Å². The second-order valence-electron chi connectivity index (χ2n) is 7.65. The largest absolute Gasteiger partial charge is 0.360 e. The average molecular weight is 355 g/mol. The molecule has 0 radical (unpaired) electrons. The summed E-state index contributed by atoms with van der Waals surface area (Å²) in [5.41, 5.74) is 1.13. The maximum absolute atomic E-state index is 12.3. The summed E-state index contributed by atoms with van der Waals surface area (Å²) in [6.45, 7) is 7.34. The molecule has 3 rings (SSSR count). The normalized spacial score (nSPS) is 20.1. The second kappa shape index (κ2) is 7.46. The van der Waals surface area contributed by atoms with Crippen molar-refractivity contribution in [1.29, 1.82) is 5.26 Å². The van der Waals surface area contributed by atoms with Gasteiger partial charge in [0.1, 0.15) is 5.54 Å². The van der Waals surface area contributed by atoms with Gasteiger partial charge in [0.15, 0.2) is 12.3 Å². The summed E-state index contributed by atoms with van der Waals surface area (Å²) in [6, 6.07) is 9.99. The van der Waals surface area contributed by atoms with Gasteiger partial charge in [-0.05, 0) is 56.9 Å². The standard InChI is InChI=1S/C20H26N4O2/c1-15(25)16-3-7-18(8-4-16)24-11-9-23(10-12-24)13-19(26)22-20(2,14-21)17-5-6-17/h3-4,7-8,17H,5-6,9-13H2,1-2H3,(H,22,26)/p+1/t20-/m1/s1. The van der Waals surface area contributed by atoms with Crippen LogP contribution >= 0.6 is 0 Å². The summed E-state index contributed by atoms with van der Waals surface area (Å²) in [7, 11) is 0. The van der Waals surface area contributed by atoms with Crippen molar-refractivity contribution in [3.63, 3.8) is 0 Å². The first-order chi connectivity index (χ1) is 12.4. The molecule has 138 valence electrons. The van der Waals surface area contributed by atoms with E-state index in [0.29, 0.717) is 12.5 Å². The fourth-order valence-electron chi connectivity index (χ4n) is 3.61. The molecular weight excluding hydrogens is 328 g/mol. The molecule has 2 aliphatic rings. The lowest BCUT2D eigenvalue weighted by Crippen LogP contribution is -3.16. The quantitative estimate of drug-likeness (QED) is 0.725. The molecule has 1 aromatic carbocycles. The average Bonchev–Trinajstić information content (AvgIpc) is 3.48. The van der Waals surface area contributed by atoms with Gasteiger partial charge in [-0.2, -0.15) is 5.26 Å². The lowest BCUT2D eigenvalue weighted by Gasteiger charge is -2.34. The first-order valence-corrected chi connectivity index (χ1v) is 9.33. The van der Waals surface area contributed by atoms with Crippen LogP contribution in [0.25, 0.3) is 0 Å². The Morgan fingerprint density at radius 3 is 2.38 bits per heavy atom. The Bertz CT molecular complexity index is 712. The number of anilines is 1. The summed E-state index contributed by atoms with van der Waals surface area (Å²) in [4.78, 5) is 27.2. The summed E-state index contributed by atoms with van der Waals surface area (Å²) in [6.07, 6.45) is 2.05. The number of nitrogens with zero attached hydrogens (tertiary/aromatic N) is 2. The topological polar surface area (TPSA) is 77.6 Å². The molecule has 1 aliphatic heterocycles. The van der Waals surface area contributed by atoms with E-state index in [0.717, 1.165) is 50.3 Å². The Kier molecular flexibility index (Phi) is 5.28. The number of Topliss-reactive ketones (excluding diaryl/α,β-unsaturated/α-hetero) is 1. The molecule has 1 saturated carbocycles. The highest BCUT2D eigenvalue weighted by molar-refractivity contribution is 5.94. The van der Waals surface area contributed by atoms with Crippen LogP contribution in [0.1, 0.15) is 37.0 Å². The van der Waals surface area contributed by atoms with E-state index in [1.807, 2.05) is 31.2 Å². The molecule has 0 aromatic heterocycles. The lowest BCUT2D eigenvalue weighted by molar-refractivity contribution is -0.892. The van der Waals surface area contributed by atoms with Crippen LogP contribution < -0.4 is 15.1 Å². The number of carbonyl (C=O) groups is 2. The fourth-order valence-corrected chi connectivity index (χ4v) is 3.61. The first kappa shape index (κ1) is 18.4. The van der Waals surface area contributed by atoms with Crippen LogP contribution in [0.3, 0.4) is 0 Å². The molecule has 0 bridgehead atoms. The number of rotatable bonds is 6. The molecule has 2 fully saturated rings. The van der Waals surface area contributed by atoms with E-state index in [1.165, 1.54) is 4.90 Å². The van der Waals surface area contributed by atoms with Gasteiger partial charge in [-0.3, -0.25) is 9.59 Å². The van der Waals surface area contributed by atoms with E-state index in [4.69, 9.17) is 0 Å². The number of piperazine rings is 1. The number of quaternary nitrogens is 1. The molecule has 0 spiro atoms. The molecule has 1 amide bonds. The van der Waals surface area contributed by atoms with Gasteiger partial charge >= 0.3 is 0 Å². The van der Waals surface area contributed by atoms with Gasteiger partial charge in [-0.15, -0.1) is 0 Å². The van der Waals surface area contributed by atoms with Crippen LogP contribution in [-0.2, 0) is 4.79 Å². The summed E-state index contributed by atoms with van der Waals surface area (Å²) in [5.74, 6) is 0.351. The highest BCUT2D eigenvalue weighted by Crippen LogP contribution is 2.39. The molecule has 26 heavy (non-hydrogen) atoms. The molecular formula is C20H27N4O2+. The number of nitrogens with one attached hydrogen (secondary N) is 2.